The van der Waals surface area contributed by atoms with E-state index in [1.807, 2.05) is 49.9 Å². The summed E-state index contributed by atoms with van der Waals surface area (Å²) in [5, 5.41) is 11.0. The lowest BCUT2D eigenvalue weighted by molar-refractivity contribution is -0.109. The van der Waals surface area contributed by atoms with Gasteiger partial charge in [0.05, 0.1) is 17.6 Å². The molecule has 2 aromatic rings. The molecule has 2 atom stereocenters. The maximum absolute atomic E-state index is 12.3. The number of hydrogen-bond donors (Lipinski definition) is 1. The molecule has 0 radical (unpaired) electrons. The van der Waals surface area contributed by atoms with Crippen LogP contribution in [-0.4, -0.2) is 26.7 Å². The summed E-state index contributed by atoms with van der Waals surface area (Å²) in [5.74, 6) is -0.308. The third-order valence-corrected chi connectivity index (χ3v) is 4.88. The summed E-state index contributed by atoms with van der Waals surface area (Å²) in [4.78, 5) is 16.7. The molecule has 0 amide bonds. The number of esters is 1. The van der Waals surface area contributed by atoms with E-state index in [4.69, 9.17) is 4.74 Å². The monoisotopic (exact) mass is 328 g/mol. The summed E-state index contributed by atoms with van der Waals surface area (Å²) in [7, 11) is 1.89. The second-order valence-electron chi connectivity index (χ2n) is 7.42. The van der Waals surface area contributed by atoms with Crippen molar-refractivity contribution in [3.05, 3.63) is 54.1 Å². The smallest absolute Gasteiger partial charge is 0.338 e. The molecular weight excluding hydrogens is 304 g/mol. The lowest BCUT2D eigenvalue weighted by Gasteiger charge is -2.45. The lowest BCUT2D eigenvalue weighted by Crippen LogP contribution is -2.46. The minimum absolute atomic E-state index is 0.228. The van der Waals surface area contributed by atoms with Crippen molar-refractivity contribution in [3.8, 4) is 0 Å². The van der Waals surface area contributed by atoms with Crippen molar-refractivity contribution in [3.63, 3.8) is 0 Å². The number of carbonyl (C=O) groups is 1. The molecule has 5 nitrogen and oxygen atoms in total. The molecule has 0 unspecified atom stereocenters. The molecule has 1 N–H and O–H groups in total. The number of ether oxygens (including phenoxy) is 1. The van der Waals surface area contributed by atoms with E-state index in [1.165, 1.54) is 0 Å². The fraction of sp³-hybridized carbons (Fsp3) is 0.474. The van der Waals surface area contributed by atoms with Crippen molar-refractivity contribution in [1.82, 2.24) is 9.55 Å². The van der Waals surface area contributed by atoms with Crippen LogP contribution in [0.15, 0.2) is 42.9 Å². The van der Waals surface area contributed by atoms with E-state index in [-0.39, 0.29) is 17.5 Å². The van der Waals surface area contributed by atoms with Crippen LogP contribution in [0.25, 0.3) is 0 Å². The molecule has 1 aliphatic carbocycles. The third kappa shape index (κ3) is 3.22. The van der Waals surface area contributed by atoms with Gasteiger partial charge in [0.15, 0.2) is 0 Å². The Hall–Kier alpha value is -2.14. The topological polar surface area (TPSA) is 64.3 Å². The highest BCUT2D eigenvalue weighted by Crippen LogP contribution is 2.47. The molecule has 3 rings (SSSR count). The molecule has 1 fully saturated rings. The van der Waals surface area contributed by atoms with Gasteiger partial charge in [0.1, 0.15) is 11.7 Å². The number of aryl methyl sites for hydroxylation is 1. The number of aromatic nitrogens is 2. The van der Waals surface area contributed by atoms with Crippen LogP contribution in [0.4, 0.5) is 0 Å². The fourth-order valence-corrected chi connectivity index (χ4v) is 3.58. The third-order valence-electron chi connectivity index (χ3n) is 4.88. The van der Waals surface area contributed by atoms with E-state index >= 15 is 0 Å². The Kier molecular flexibility index (Phi) is 4.22. The zero-order valence-electron chi connectivity index (χ0n) is 14.4. The maximum atomic E-state index is 12.3. The van der Waals surface area contributed by atoms with E-state index in [1.54, 1.807) is 18.5 Å². The number of nitrogens with zero attached hydrogens (tertiary/aromatic N) is 2. The molecule has 24 heavy (non-hydrogen) atoms. The first-order chi connectivity index (χ1) is 11.3. The summed E-state index contributed by atoms with van der Waals surface area (Å²) < 4.78 is 7.59. The molecule has 1 heterocycles. The molecule has 0 saturated heterocycles. The van der Waals surface area contributed by atoms with Crippen molar-refractivity contribution in [1.29, 1.82) is 0 Å². The Morgan fingerprint density at radius 2 is 2.04 bits per heavy atom. The van der Waals surface area contributed by atoms with Crippen molar-refractivity contribution in [2.45, 2.75) is 44.8 Å². The second-order valence-corrected chi connectivity index (χ2v) is 7.42. The second kappa shape index (κ2) is 6.06. The van der Waals surface area contributed by atoms with Crippen LogP contribution >= 0.6 is 0 Å². The standard InChI is InChI=1S/C19H24N2O3/c1-18(2)12-19(23,15-11-21(3)13-20-15)10-9-16(18)24-17(22)14-7-5-4-6-8-14/h4-8,11,13,16,23H,9-10,12H2,1-3H3/t16-,19-/m0/s1. The molecule has 5 heteroatoms. The van der Waals surface area contributed by atoms with Crippen molar-refractivity contribution in [2.75, 3.05) is 0 Å². The first kappa shape index (κ1) is 16.7. The van der Waals surface area contributed by atoms with Gasteiger partial charge in [0.25, 0.3) is 0 Å². The fourth-order valence-electron chi connectivity index (χ4n) is 3.58. The Morgan fingerprint density at radius 1 is 1.33 bits per heavy atom. The largest absolute Gasteiger partial charge is 0.458 e. The SMILES string of the molecule is Cn1cnc([C@]2(O)CC[C@H](OC(=O)c3ccccc3)C(C)(C)C2)c1. The van der Waals surface area contributed by atoms with Crippen LogP contribution < -0.4 is 0 Å². The summed E-state index contributed by atoms with van der Waals surface area (Å²) in [6.45, 7) is 4.06. The van der Waals surface area contributed by atoms with E-state index in [0.717, 1.165) is 0 Å². The van der Waals surface area contributed by atoms with Gasteiger partial charge in [0, 0.05) is 18.7 Å². The zero-order valence-corrected chi connectivity index (χ0v) is 14.4. The highest BCUT2D eigenvalue weighted by atomic mass is 16.5. The van der Waals surface area contributed by atoms with Gasteiger partial charge in [0.2, 0.25) is 0 Å². The molecule has 128 valence electrons. The van der Waals surface area contributed by atoms with E-state index in [9.17, 15) is 9.90 Å². The Balaban J connectivity index is 1.73. The molecule has 1 saturated carbocycles. The van der Waals surface area contributed by atoms with Gasteiger partial charge >= 0.3 is 5.97 Å². The van der Waals surface area contributed by atoms with Gasteiger partial charge in [-0.05, 0) is 31.4 Å². The van der Waals surface area contributed by atoms with Crippen LogP contribution in [0.1, 0.15) is 49.2 Å². The van der Waals surface area contributed by atoms with Gasteiger partial charge in [-0.15, -0.1) is 0 Å². The number of carbonyl (C=O) groups excluding carboxylic acids is 1. The van der Waals surface area contributed by atoms with Gasteiger partial charge in [-0.3, -0.25) is 0 Å². The molecule has 1 aromatic heterocycles. The summed E-state index contributed by atoms with van der Waals surface area (Å²) in [6, 6.07) is 9.02. The minimum atomic E-state index is -0.972. The van der Waals surface area contributed by atoms with E-state index < -0.39 is 5.60 Å². The molecule has 1 aromatic carbocycles. The quantitative estimate of drug-likeness (QED) is 0.880. The lowest BCUT2D eigenvalue weighted by atomic mass is 9.67. The summed E-state index contributed by atoms with van der Waals surface area (Å²) in [6.07, 6.45) is 4.96. The minimum Gasteiger partial charge on any atom is -0.458 e. The predicted octanol–water partition coefficient (Wildman–Crippen LogP) is 3.04. The van der Waals surface area contributed by atoms with Gasteiger partial charge in [-0.1, -0.05) is 32.0 Å². The molecule has 0 aliphatic heterocycles. The normalized spacial score (nSPS) is 26.1. The first-order valence-electron chi connectivity index (χ1n) is 8.27. The number of imidazole rings is 1. The Bertz CT molecular complexity index is 723. The van der Waals surface area contributed by atoms with Crippen LogP contribution in [0.2, 0.25) is 0 Å². The van der Waals surface area contributed by atoms with Crippen molar-refractivity contribution in [2.24, 2.45) is 12.5 Å². The van der Waals surface area contributed by atoms with E-state index in [0.29, 0.717) is 30.5 Å². The van der Waals surface area contributed by atoms with Crippen LogP contribution in [0.3, 0.4) is 0 Å². The number of aliphatic hydroxyl groups is 1. The van der Waals surface area contributed by atoms with Crippen LogP contribution in [0.5, 0.6) is 0 Å². The number of hydrogen-bond acceptors (Lipinski definition) is 4. The average Bonchev–Trinajstić information content (AvgIpc) is 2.98. The molecule has 0 spiro atoms. The first-order valence-corrected chi connectivity index (χ1v) is 8.27. The highest BCUT2D eigenvalue weighted by Gasteiger charge is 2.48. The molecule has 0 bridgehead atoms. The maximum Gasteiger partial charge on any atom is 0.338 e. The van der Waals surface area contributed by atoms with Gasteiger partial charge < -0.3 is 14.4 Å². The summed E-state index contributed by atoms with van der Waals surface area (Å²) in [5.41, 5.74) is -0.0696. The van der Waals surface area contributed by atoms with E-state index in [2.05, 4.69) is 4.98 Å². The molecule has 1 aliphatic rings. The van der Waals surface area contributed by atoms with Crippen LogP contribution in [0, 0.1) is 5.41 Å². The van der Waals surface area contributed by atoms with Crippen LogP contribution in [-0.2, 0) is 17.4 Å². The predicted molar refractivity (Wildman–Crippen MR) is 90.4 cm³/mol. The van der Waals surface area contributed by atoms with Crippen molar-refractivity contribution >= 4 is 5.97 Å². The van der Waals surface area contributed by atoms with Gasteiger partial charge in [-0.25, -0.2) is 9.78 Å². The number of benzene rings is 1. The highest BCUT2D eigenvalue weighted by molar-refractivity contribution is 5.89. The average molecular weight is 328 g/mol. The number of rotatable bonds is 3. The summed E-state index contributed by atoms with van der Waals surface area (Å²) >= 11 is 0. The van der Waals surface area contributed by atoms with Gasteiger partial charge in [-0.2, -0.15) is 0 Å². The zero-order chi connectivity index (χ0) is 17.4. The molecular formula is C19H24N2O3. The Labute approximate surface area is 142 Å². The van der Waals surface area contributed by atoms with Crippen molar-refractivity contribution < 1.29 is 14.6 Å². The Morgan fingerprint density at radius 3 is 2.62 bits per heavy atom.